The number of aliphatic carboxylic acids is 1. The van der Waals surface area contributed by atoms with Gasteiger partial charge in [-0.25, -0.2) is 5.48 Å². The Morgan fingerprint density at radius 1 is 1.27 bits per heavy atom. The Morgan fingerprint density at radius 2 is 1.87 bits per heavy atom. The van der Waals surface area contributed by atoms with Crippen LogP contribution in [-0.2, 0) is 14.4 Å². The lowest BCUT2D eigenvalue weighted by Crippen LogP contribution is -2.25. The summed E-state index contributed by atoms with van der Waals surface area (Å²) in [6.07, 6.45) is 1.52. The molecule has 0 atom stereocenters. The predicted octanol–water partition coefficient (Wildman–Crippen LogP) is 1.34. The first-order valence-corrected chi connectivity index (χ1v) is 5.14. The smallest absolute Gasteiger partial charge is 0.303 e. The number of hydrogen-bond donors (Lipinski definition) is 2. The van der Waals surface area contributed by atoms with Crippen LogP contribution in [0.1, 0.15) is 39.5 Å². The molecule has 5 heteroatoms. The first-order chi connectivity index (χ1) is 7.02. The second kappa shape index (κ2) is 8.23. The van der Waals surface area contributed by atoms with Crippen LogP contribution in [0.3, 0.4) is 0 Å². The quantitative estimate of drug-likeness (QED) is 0.475. The molecule has 0 saturated carbocycles. The molecule has 0 aromatic rings. The summed E-state index contributed by atoms with van der Waals surface area (Å²) in [5, 5.41) is 8.36. The van der Waals surface area contributed by atoms with E-state index >= 15 is 0 Å². The van der Waals surface area contributed by atoms with Gasteiger partial charge in [0.15, 0.2) is 0 Å². The highest BCUT2D eigenvalue weighted by molar-refractivity contribution is 5.74. The number of carbonyl (C=O) groups excluding carboxylic acids is 1. The summed E-state index contributed by atoms with van der Waals surface area (Å²) in [6, 6.07) is 0. The van der Waals surface area contributed by atoms with Crippen LogP contribution in [0, 0.1) is 5.92 Å². The zero-order valence-corrected chi connectivity index (χ0v) is 9.28. The fourth-order valence-corrected chi connectivity index (χ4v) is 0.902. The third-order valence-electron chi connectivity index (χ3n) is 1.65. The Hall–Kier alpha value is -1.10. The van der Waals surface area contributed by atoms with Gasteiger partial charge in [-0.05, 0) is 18.8 Å². The van der Waals surface area contributed by atoms with Gasteiger partial charge < -0.3 is 5.11 Å². The van der Waals surface area contributed by atoms with Crippen LogP contribution in [0.15, 0.2) is 0 Å². The highest BCUT2D eigenvalue weighted by Gasteiger charge is 2.03. The van der Waals surface area contributed by atoms with Crippen LogP contribution in [0.25, 0.3) is 0 Å². The van der Waals surface area contributed by atoms with Gasteiger partial charge in [0.25, 0.3) is 0 Å². The monoisotopic (exact) mass is 217 g/mol. The number of carbonyl (C=O) groups is 2. The lowest BCUT2D eigenvalue weighted by Gasteiger charge is -2.07. The maximum absolute atomic E-state index is 11.1. The molecule has 0 aromatic carbocycles. The lowest BCUT2D eigenvalue weighted by atomic mass is 10.2. The molecule has 0 fully saturated rings. The highest BCUT2D eigenvalue weighted by Crippen LogP contribution is 1.99. The van der Waals surface area contributed by atoms with Crippen LogP contribution in [-0.4, -0.2) is 23.6 Å². The van der Waals surface area contributed by atoms with E-state index in [1.807, 2.05) is 13.8 Å². The van der Waals surface area contributed by atoms with Gasteiger partial charge in [-0.15, -0.1) is 0 Å². The summed E-state index contributed by atoms with van der Waals surface area (Å²) in [5.74, 6) is -0.648. The van der Waals surface area contributed by atoms with Crippen LogP contribution in [0.4, 0.5) is 0 Å². The van der Waals surface area contributed by atoms with Crippen molar-refractivity contribution in [2.75, 3.05) is 6.61 Å². The maximum atomic E-state index is 11.1. The van der Waals surface area contributed by atoms with Gasteiger partial charge in [0.2, 0.25) is 5.91 Å². The molecule has 1 amide bonds. The van der Waals surface area contributed by atoms with Gasteiger partial charge in [-0.1, -0.05) is 13.8 Å². The summed E-state index contributed by atoms with van der Waals surface area (Å²) >= 11 is 0. The average Bonchev–Trinajstić information content (AvgIpc) is 2.11. The summed E-state index contributed by atoms with van der Waals surface area (Å²) in [5.41, 5.74) is 2.32. The SMILES string of the molecule is CC(C)CONC(=O)CCCCC(=O)O. The molecule has 15 heavy (non-hydrogen) atoms. The molecule has 2 N–H and O–H groups in total. The second-order valence-corrected chi connectivity index (χ2v) is 3.83. The van der Waals surface area contributed by atoms with Gasteiger partial charge in [0.1, 0.15) is 0 Å². The van der Waals surface area contributed by atoms with E-state index in [0.717, 1.165) is 0 Å². The van der Waals surface area contributed by atoms with Gasteiger partial charge in [-0.2, -0.15) is 0 Å². The predicted molar refractivity (Wildman–Crippen MR) is 55.0 cm³/mol. The molecule has 0 spiro atoms. The fourth-order valence-electron chi connectivity index (χ4n) is 0.902. The molecule has 5 nitrogen and oxygen atoms in total. The molecular formula is C10H19NO4. The molecule has 0 radical (unpaired) electrons. The first kappa shape index (κ1) is 13.9. The van der Waals surface area contributed by atoms with Crippen molar-refractivity contribution in [1.82, 2.24) is 5.48 Å². The number of unbranched alkanes of at least 4 members (excludes halogenated alkanes) is 1. The molecule has 88 valence electrons. The zero-order valence-electron chi connectivity index (χ0n) is 9.28. The Labute approximate surface area is 89.8 Å². The third kappa shape index (κ3) is 10.8. The molecule has 0 aliphatic heterocycles. The minimum Gasteiger partial charge on any atom is -0.481 e. The summed E-state index contributed by atoms with van der Waals surface area (Å²) in [7, 11) is 0. The molecule has 0 aliphatic carbocycles. The number of amides is 1. The normalized spacial score (nSPS) is 10.3. The highest BCUT2D eigenvalue weighted by atomic mass is 16.6. The van der Waals surface area contributed by atoms with E-state index in [-0.39, 0.29) is 12.3 Å². The fraction of sp³-hybridized carbons (Fsp3) is 0.800. The van der Waals surface area contributed by atoms with E-state index in [1.54, 1.807) is 0 Å². The van der Waals surface area contributed by atoms with Crippen molar-refractivity contribution in [3.05, 3.63) is 0 Å². The molecular weight excluding hydrogens is 198 g/mol. The Bertz CT molecular complexity index is 204. The molecule has 0 saturated heterocycles. The molecule has 0 aromatic heterocycles. The van der Waals surface area contributed by atoms with Crippen molar-refractivity contribution in [2.45, 2.75) is 39.5 Å². The van der Waals surface area contributed by atoms with E-state index in [9.17, 15) is 9.59 Å². The molecule has 0 heterocycles. The molecule has 0 unspecified atom stereocenters. The van der Waals surface area contributed by atoms with Gasteiger partial charge in [0, 0.05) is 12.8 Å². The van der Waals surface area contributed by atoms with E-state index in [1.165, 1.54) is 0 Å². The zero-order chi connectivity index (χ0) is 11.7. The summed E-state index contributed by atoms with van der Waals surface area (Å²) in [4.78, 5) is 26.2. The standard InChI is InChI=1S/C10H19NO4/c1-8(2)7-15-11-9(12)5-3-4-6-10(13)14/h8H,3-7H2,1-2H3,(H,11,12)(H,13,14). The third-order valence-corrected chi connectivity index (χ3v) is 1.65. The van der Waals surface area contributed by atoms with E-state index < -0.39 is 5.97 Å². The minimum atomic E-state index is -0.827. The van der Waals surface area contributed by atoms with Gasteiger partial charge in [-0.3, -0.25) is 14.4 Å². The Morgan fingerprint density at radius 3 is 2.40 bits per heavy atom. The topological polar surface area (TPSA) is 75.6 Å². The number of carboxylic acid groups (broad SMARTS) is 1. The summed E-state index contributed by atoms with van der Waals surface area (Å²) in [6.45, 7) is 4.46. The van der Waals surface area contributed by atoms with Crippen molar-refractivity contribution in [3.63, 3.8) is 0 Å². The van der Waals surface area contributed by atoms with Crippen LogP contribution < -0.4 is 5.48 Å². The molecule has 0 bridgehead atoms. The van der Waals surface area contributed by atoms with E-state index in [2.05, 4.69) is 5.48 Å². The van der Waals surface area contributed by atoms with Crippen molar-refractivity contribution in [1.29, 1.82) is 0 Å². The minimum absolute atomic E-state index is 0.111. The Balaban J connectivity index is 3.30. The van der Waals surface area contributed by atoms with Crippen molar-refractivity contribution < 1.29 is 19.5 Å². The number of hydroxylamine groups is 1. The van der Waals surface area contributed by atoms with Crippen molar-refractivity contribution >= 4 is 11.9 Å². The largest absolute Gasteiger partial charge is 0.481 e. The Kier molecular flexibility index (Phi) is 7.62. The van der Waals surface area contributed by atoms with E-state index in [0.29, 0.717) is 31.8 Å². The van der Waals surface area contributed by atoms with Crippen molar-refractivity contribution in [3.8, 4) is 0 Å². The molecule has 0 aliphatic rings. The number of nitrogens with one attached hydrogen (secondary N) is 1. The van der Waals surface area contributed by atoms with Crippen molar-refractivity contribution in [2.24, 2.45) is 5.92 Å². The lowest BCUT2D eigenvalue weighted by molar-refractivity contribution is -0.138. The summed E-state index contributed by atoms with van der Waals surface area (Å²) < 4.78 is 0. The maximum Gasteiger partial charge on any atom is 0.303 e. The number of hydrogen-bond acceptors (Lipinski definition) is 3. The van der Waals surface area contributed by atoms with Crippen LogP contribution >= 0.6 is 0 Å². The molecule has 0 rings (SSSR count). The van der Waals surface area contributed by atoms with Crippen LogP contribution in [0.2, 0.25) is 0 Å². The average molecular weight is 217 g/mol. The van der Waals surface area contributed by atoms with Gasteiger partial charge in [0.05, 0.1) is 6.61 Å². The van der Waals surface area contributed by atoms with E-state index in [4.69, 9.17) is 9.94 Å². The number of carboxylic acids is 1. The second-order valence-electron chi connectivity index (χ2n) is 3.83. The van der Waals surface area contributed by atoms with Gasteiger partial charge >= 0.3 is 5.97 Å². The van der Waals surface area contributed by atoms with Crippen LogP contribution in [0.5, 0.6) is 0 Å². The number of rotatable bonds is 8. The first-order valence-electron chi connectivity index (χ1n) is 5.14.